The fourth-order valence-corrected chi connectivity index (χ4v) is 3.26. The minimum atomic E-state index is 0.327. The Balaban J connectivity index is 1.75. The predicted molar refractivity (Wildman–Crippen MR) is 94.9 cm³/mol. The van der Waals surface area contributed by atoms with E-state index in [1.54, 1.807) is 0 Å². The summed E-state index contributed by atoms with van der Waals surface area (Å²) in [5, 5.41) is 4.18. The number of likely N-dealkylation sites (tertiary alicyclic amines) is 1. The van der Waals surface area contributed by atoms with Crippen LogP contribution in [0.2, 0.25) is 0 Å². The van der Waals surface area contributed by atoms with E-state index in [2.05, 4.69) is 52.5 Å². The molecule has 1 unspecified atom stereocenters. The molecule has 1 aliphatic rings. The molecule has 3 rings (SSSR count). The number of aryl methyl sites for hydroxylation is 1. The number of hydrogen-bond donors (Lipinski definition) is 1. The molecule has 1 fully saturated rings. The van der Waals surface area contributed by atoms with E-state index in [1.807, 2.05) is 18.5 Å². The van der Waals surface area contributed by atoms with Gasteiger partial charge in [-0.1, -0.05) is 23.8 Å². The van der Waals surface area contributed by atoms with Crippen molar-refractivity contribution in [2.45, 2.75) is 32.2 Å². The van der Waals surface area contributed by atoms with Crippen LogP contribution in [-0.2, 0) is 0 Å². The number of thiocarbonyl (C=S) groups is 1. The Kier molecular flexibility index (Phi) is 4.68. The zero-order valence-electron chi connectivity index (χ0n) is 12.8. The van der Waals surface area contributed by atoms with Gasteiger partial charge in [0.25, 0.3) is 0 Å². The van der Waals surface area contributed by atoms with E-state index in [1.165, 1.54) is 24.0 Å². The third-order valence-electron chi connectivity index (χ3n) is 4.14. The Bertz CT molecular complexity index is 625. The molecular formula is C18H21N3S. The van der Waals surface area contributed by atoms with Crippen molar-refractivity contribution in [3.63, 3.8) is 0 Å². The minimum absolute atomic E-state index is 0.327. The molecule has 0 amide bonds. The summed E-state index contributed by atoms with van der Waals surface area (Å²) in [5.74, 6) is 0. The number of nitrogens with one attached hydrogen (secondary N) is 1. The molecule has 2 aromatic rings. The average molecular weight is 311 g/mol. The first-order chi connectivity index (χ1) is 10.7. The van der Waals surface area contributed by atoms with Crippen molar-refractivity contribution in [2.24, 2.45) is 0 Å². The molecule has 1 aromatic heterocycles. The first-order valence-corrected chi connectivity index (χ1v) is 8.19. The highest BCUT2D eigenvalue weighted by molar-refractivity contribution is 7.80. The molecular weight excluding hydrogens is 290 g/mol. The Morgan fingerprint density at radius 1 is 1.23 bits per heavy atom. The van der Waals surface area contributed by atoms with Crippen LogP contribution in [0.25, 0.3) is 0 Å². The lowest BCUT2D eigenvalue weighted by molar-refractivity contribution is 0.248. The Labute approximate surface area is 137 Å². The van der Waals surface area contributed by atoms with E-state index >= 15 is 0 Å². The van der Waals surface area contributed by atoms with Crippen molar-refractivity contribution in [1.82, 2.24) is 9.88 Å². The topological polar surface area (TPSA) is 28.2 Å². The van der Waals surface area contributed by atoms with E-state index in [-0.39, 0.29) is 0 Å². The van der Waals surface area contributed by atoms with Crippen LogP contribution < -0.4 is 5.32 Å². The highest BCUT2D eigenvalue weighted by Crippen LogP contribution is 2.31. The molecule has 2 heterocycles. The van der Waals surface area contributed by atoms with Crippen molar-refractivity contribution in [2.75, 3.05) is 11.9 Å². The number of pyridine rings is 1. The van der Waals surface area contributed by atoms with Gasteiger partial charge in [-0.2, -0.15) is 0 Å². The van der Waals surface area contributed by atoms with Gasteiger partial charge in [-0.15, -0.1) is 0 Å². The molecule has 0 radical (unpaired) electrons. The van der Waals surface area contributed by atoms with E-state index in [0.29, 0.717) is 6.04 Å². The molecule has 1 N–H and O–H groups in total. The fraction of sp³-hybridized carbons (Fsp3) is 0.333. The number of aromatic nitrogens is 1. The van der Waals surface area contributed by atoms with Crippen LogP contribution in [0.5, 0.6) is 0 Å². The second-order valence-corrected chi connectivity index (χ2v) is 6.17. The first kappa shape index (κ1) is 15.0. The summed E-state index contributed by atoms with van der Waals surface area (Å²) in [6, 6.07) is 12.8. The molecule has 1 saturated heterocycles. The third-order valence-corrected chi connectivity index (χ3v) is 4.47. The van der Waals surface area contributed by atoms with Gasteiger partial charge in [0.15, 0.2) is 5.11 Å². The monoisotopic (exact) mass is 311 g/mol. The van der Waals surface area contributed by atoms with Crippen LogP contribution in [-0.4, -0.2) is 21.5 Å². The Morgan fingerprint density at radius 3 is 2.77 bits per heavy atom. The van der Waals surface area contributed by atoms with Crippen molar-refractivity contribution < 1.29 is 0 Å². The maximum Gasteiger partial charge on any atom is 0.173 e. The summed E-state index contributed by atoms with van der Waals surface area (Å²) in [6.07, 6.45) is 7.33. The van der Waals surface area contributed by atoms with Gasteiger partial charge in [0.2, 0.25) is 0 Å². The molecule has 0 aliphatic carbocycles. The lowest BCUT2D eigenvalue weighted by Gasteiger charge is -2.37. The van der Waals surface area contributed by atoms with Crippen LogP contribution in [0.1, 0.15) is 36.4 Å². The van der Waals surface area contributed by atoms with Crippen molar-refractivity contribution >= 4 is 23.0 Å². The van der Waals surface area contributed by atoms with E-state index < -0.39 is 0 Å². The van der Waals surface area contributed by atoms with Gasteiger partial charge in [0.1, 0.15) is 0 Å². The molecule has 1 aliphatic heterocycles. The second kappa shape index (κ2) is 6.88. The summed E-state index contributed by atoms with van der Waals surface area (Å²) in [4.78, 5) is 6.56. The number of rotatable bonds is 2. The predicted octanol–water partition coefficient (Wildman–Crippen LogP) is 4.31. The zero-order valence-corrected chi connectivity index (χ0v) is 13.6. The summed E-state index contributed by atoms with van der Waals surface area (Å²) >= 11 is 5.66. The van der Waals surface area contributed by atoms with Gasteiger partial charge in [0, 0.05) is 24.6 Å². The summed E-state index contributed by atoms with van der Waals surface area (Å²) in [5.41, 5.74) is 3.55. The molecule has 0 bridgehead atoms. The quantitative estimate of drug-likeness (QED) is 0.836. The van der Waals surface area contributed by atoms with Crippen LogP contribution in [0, 0.1) is 6.92 Å². The normalized spacial score (nSPS) is 18.0. The lowest BCUT2D eigenvalue weighted by atomic mass is 9.97. The Hall–Kier alpha value is -1.94. The number of piperidine rings is 1. The van der Waals surface area contributed by atoms with Gasteiger partial charge < -0.3 is 10.2 Å². The van der Waals surface area contributed by atoms with E-state index in [0.717, 1.165) is 23.8 Å². The van der Waals surface area contributed by atoms with Crippen LogP contribution in [0.4, 0.5) is 5.69 Å². The lowest BCUT2D eigenvalue weighted by Crippen LogP contribution is -2.41. The van der Waals surface area contributed by atoms with Gasteiger partial charge in [-0.25, -0.2) is 0 Å². The zero-order chi connectivity index (χ0) is 15.4. The molecule has 1 aromatic carbocycles. The largest absolute Gasteiger partial charge is 0.342 e. The standard InChI is InChI=1S/C18H21N3S/c1-14-7-9-16(10-8-14)20-18(22)21-12-3-2-6-17(21)15-5-4-11-19-13-15/h4-5,7-11,13,17H,2-3,6,12H2,1H3,(H,20,22). The van der Waals surface area contributed by atoms with Crippen molar-refractivity contribution in [1.29, 1.82) is 0 Å². The van der Waals surface area contributed by atoms with Gasteiger partial charge in [-0.05, 0) is 62.2 Å². The smallest absolute Gasteiger partial charge is 0.173 e. The minimum Gasteiger partial charge on any atom is -0.342 e. The summed E-state index contributed by atoms with van der Waals surface area (Å²) in [6.45, 7) is 3.09. The fourth-order valence-electron chi connectivity index (χ4n) is 2.93. The van der Waals surface area contributed by atoms with Gasteiger partial charge >= 0.3 is 0 Å². The molecule has 1 atom stereocenters. The Morgan fingerprint density at radius 2 is 2.05 bits per heavy atom. The van der Waals surface area contributed by atoms with Crippen LogP contribution >= 0.6 is 12.2 Å². The molecule has 4 heteroatoms. The number of benzene rings is 1. The molecule has 0 saturated carbocycles. The summed E-state index contributed by atoms with van der Waals surface area (Å²) < 4.78 is 0. The average Bonchev–Trinajstić information content (AvgIpc) is 2.58. The first-order valence-electron chi connectivity index (χ1n) is 7.78. The van der Waals surface area contributed by atoms with E-state index in [4.69, 9.17) is 12.2 Å². The number of nitrogens with zero attached hydrogens (tertiary/aromatic N) is 2. The SMILES string of the molecule is Cc1ccc(NC(=S)N2CCCCC2c2cccnc2)cc1. The second-order valence-electron chi connectivity index (χ2n) is 5.79. The molecule has 3 nitrogen and oxygen atoms in total. The van der Waals surface area contributed by atoms with Gasteiger partial charge in [0.05, 0.1) is 6.04 Å². The third kappa shape index (κ3) is 3.45. The number of anilines is 1. The van der Waals surface area contributed by atoms with Gasteiger partial charge in [-0.3, -0.25) is 4.98 Å². The highest BCUT2D eigenvalue weighted by Gasteiger charge is 2.26. The molecule has 114 valence electrons. The molecule has 0 spiro atoms. The van der Waals surface area contributed by atoms with Crippen molar-refractivity contribution in [3.05, 3.63) is 59.9 Å². The van der Waals surface area contributed by atoms with Crippen LogP contribution in [0.15, 0.2) is 48.8 Å². The molecule has 22 heavy (non-hydrogen) atoms. The summed E-state index contributed by atoms with van der Waals surface area (Å²) in [7, 11) is 0. The van der Waals surface area contributed by atoms with E-state index in [9.17, 15) is 0 Å². The number of hydrogen-bond acceptors (Lipinski definition) is 2. The van der Waals surface area contributed by atoms with Crippen LogP contribution in [0.3, 0.4) is 0 Å². The van der Waals surface area contributed by atoms with Crippen molar-refractivity contribution in [3.8, 4) is 0 Å². The maximum atomic E-state index is 5.66. The maximum absolute atomic E-state index is 5.66. The highest BCUT2D eigenvalue weighted by atomic mass is 32.1.